The minimum absolute atomic E-state index is 0.0330. The summed E-state index contributed by atoms with van der Waals surface area (Å²) >= 11 is 0. The van der Waals surface area contributed by atoms with Gasteiger partial charge in [0.25, 0.3) is 0 Å². The highest BCUT2D eigenvalue weighted by atomic mass is 16.5. The van der Waals surface area contributed by atoms with Crippen LogP contribution in [0.5, 0.6) is 0 Å². The van der Waals surface area contributed by atoms with Crippen LogP contribution in [0.3, 0.4) is 0 Å². The first kappa shape index (κ1) is 20.0. The Morgan fingerprint density at radius 3 is 1.86 bits per heavy atom. The molecule has 2 unspecified atom stereocenters. The number of hydrogen-bond donors (Lipinski definition) is 0. The van der Waals surface area contributed by atoms with Gasteiger partial charge in [0, 0.05) is 0 Å². The molecular weight excluding hydrogens is 268 g/mol. The van der Waals surface area contributed by atoms with Gasteiger partial charge in [0.15, 0.2) is 0 Å². The maximum absolute atomic E-state index is 6.39. The van der Waals surface area contributed by atoms with Gasteiger partial charge in [-0.05, 0) is 30.1 Å². The number of ether oxygens (including phenoxy) is 1. The molecule has 0 aliphatic carbocycles. The van der Waals surface area contributed by atoms with Gasteiger partial charge in [0.05, 0.1) is 12.2 Å². The minimum Gasteiger partial charge on any atom is -0.374 e. The smallest absolute Gasteiger partial charge is 0.0710 e. The predicted molar refractivity (Wildman–Crippen MR) is 98.3 cm³/mol. The molecule has 2 atom stereocenters. The second-order valence-corrected chi connectivity index (χ2v) is 9.01. The number of unbranched alkanes of at least 4 members (excludes halogenated alkanes) is 7. The van der Waals surface area contributed by atoms with Crippen LogP contribution in [0.1, 0.15) is 106 Å². The fraction of sp³-hybridized carbons (Fsp3) is 1.00. The van der Waals surface area contributed by atoms with Crippen LogP contribution in [0.2, 0.25) is 0 Å². The van der Waals surface area contributed by atoms with Gasteiger partial charge in [-0.15, -0.1) is 0 Å². The van der Waals surface area contributed by atoms with Gasteiger partial charge in [-0.1, -0.05) is 92.9 Å². The molecular formula is C21H42O. The summed E-state index contributed by atoms with van der Waals surface area (Å²) in [6.45, 7) is 17.6. The molecule has 0 amide bonds. The maximum Gasteiger partial charge on any atom is 0.0710 e. The Balaban J connectivity index is 2.38. The van der Waals surface area contributed by atoms with E-state index in [4.69, 9.17) is 4.74 Å². The second kappa shape index (κ2) is 8.18. The lowest BCUT2D eigenvalue weighted by Crippen LogP contribution is -2.59. The van der Waals surface area contributed by atoms with Crippen LogP contribution < -0.4 is 0 Å². The molecule has 0 N–H and O–H groups in total. The quantitative estimate of drug-likeness (QED) is 0.417. The van der Waals surface area contributed by atoms with Crippen molar-refractivity contribution in [2.45, 2.75) is 112 Å². The number of rotatable bonds is 9. The van der Waals surface area contributed by atoms with Crippen molar-refractivity contribution in [1.82, 2.24) is 0 Å². The van der Waals surface area contributed by atoms with E-state index in [1.54, 1.807) is 0 Å². The monoisotopic (exact) mass is 310 g/mol. The van der Waals surface area contributed by atoms with Gasteiger partial charge in [-0.2, -0.15) is 0 Å². The summed E-state index contributed by atoms with van der Waals surface area (Å²) in [5.41, 5.74) is 0.587. The molecule has 1 heteroatoms. The van der Waals surface area contributed by atoms with E-state index in [9.17, 15) is 0 Å². The summed E-state index contributed by atoms with van der Waals surface area (Å²) in [5.74, 6) is 0.633. The van der Waals surface area contributed by atoms with Crippen molar-refractivity contribution in [3.05, 3.63) is 0 Å². The highest BCUT2D eigenvalue weighted by Crippen LogP contribution is 2.57. The molecule has 0 bridgehead atoms. The second-order valence-electron chi connectivity index (χ2n) is 9.01. The van der Waals surface area contributed by atoms with E-state index in [1.165, 1.54) is 57.8 Å². The van der Waals surface area contributed by atoms with E-state index in [0.717, 1.165) is 6.61 Å². The average molecular weight is 311 g/mol. The lowest BCUT2D eigenvalue weighted by atomic mass is 9.52. The van der Waals surface area contributed by atoms with E-state index in [-0.39, 0.29) is 11.0 Å². The molecule has 0 spiro atoms. The topological polar surface area (TPSA) is 9.23 Å². The van der Waals surface area contributed by atoms with Crippen LogP contribution in [-0.4, -0.2) is 12.2 Å². The molecule has 0 aromatic rings. The molecule has 22 heavy (non-hydrogen) atoms. The van der Waals surface area contributed by atoms with E-state index in [0.29, 0.717) is 11.3 Å². The molecule has 1 fully saturated rings. The largest absolute Gasteiger partial charge is 0.374 e. The first-order chi connectivity index (χ1) is 10.2. The summed E-state index contributed by atoms with van der Waals surface area (Å²) in [7, 11) is 0. The summed E-state index contributed by atoms with van der Waals surface area (Å²) in [6.07, 6.45) is 12.3. The van der Waals surface area contributed by atoms with Crippen LogP contribution >= 0.6 is 0 Å². The third-order valence-electron chi connectivity index (χ3n) is 7.32. The first-order valence-corrected chi connectivity index (χ1v) is 9.83. The third kappa shape index (κ3) is 4.28. The van der Waals surface area contributed by atoms with E-state index >= 15 is 0 Å². The Hall–Kier alpha value is -0.0400. The van der Waals surface area contributed by atoms with Crippen molar-refractivity contribution in [2.24, 2.45) is 16.7 Å². The van der Waals surface area contributed by atoms with Crippen LogP contribution in [0, 0.1) is 16.7 Å². The van der Waals surface area contributed by atoms with E-state index < -0.39 is 0 Å². The van der Waals surface area contributed by atoms with Crippen LogP contribution in [0.25, 0.3) is 0 Å². The maximum atomic E-state index is 6.39. The molecule has 0 saturated carbocycles. The van der Waals surface area contributed by atoms with Gasteiger partial charge >= 0.3 is 0 Å². The zero-order valence-electron chi connectivity index (χ0n) is 16.6. The van der Waals surface area contributed by atoms with Crippen LogP contribution in [0.4, 0.5) is 0 Å². The molecule has 1 heterocycles. The standard InChI is InChI=1S/C21H42O/c1-8-9-10-11-12-13-14-15-16-21(7)20(5,6)19(3,4)18(2)17-22-21/h18H,8-17H2,1-7H3. The van der Waals surface area contributed by atoms with Crippen molar-refractivity contribution in [3.8, 4) is 0 Å². The molecule has 0 radical (unpaired) electrons. The normalized spacial score (nSPS) is 30.4. The molecule has 0 aromatic heterocycles. The zero-order valence-corrected chi connectivity index (χ0v) is 16.6. The van der Waals surface area contributed by atoms with Crippen molar-refractivity contribution in [3.63, 3.8) is 0 Å². The highest BCUT2D eigenvalue weighted by molar-refractivity contribution is 5.04. The zero-order chi connectivity index (χ0) is 16.9. The first-order valence-electron chi connectivity index (χ1n) is 9.83. The van der Waals surface area contributed by atoms with Crippen molar-refractivity contribution in [2.75, 3.05) is 6.61 Å². The molecule has 1 nitrogen and oxygen atoms in total. The summed E-state index contributed by atoms with van der Waals surface area (Å²) in [5, 5.41) is 0. The lowest BCUT2D eigenvalue weighted by Gasteiger charge is -2.60. The van der Waals surface area contributed by atoms with Crippen LogP contribution in [-0.2, 0) is 4.74 Å². The SMILES string of the molecule is CCCCCCCCCCC1(C)OCC(C)C(C)(C)C1(C)C. The fourth-order valence-electron chi connectivity index (χ4n) is 3.98. The van der Waals surface area contributed by atoms with E-state index in [2.05, 4.69) is 48.5 Å². The fourth-order valence-corrected chi connectivity index (χ4v) is 3.98. The minimum atomic E-state index is 0.0330. The van der Waals surface area contributed by atoms with Gasteiger partial charge < -0.3 is 4.74 Å². The molecule has 1 rings (SSSR count). The van der Waals surface area contributed by atoms with Crippen molar-refractivity contribution in [1.29, 1.82) is 0 Å². The Morgan fingerprint density at radius 2 is 1.32 bits per heavy atom. The van der Waals surface area contributed by atoms with Crippen molar-refractivity contribution < 1.29 is 4.74 Å². The average Bonchev–Trinajstić information content (AvgIpc) is 2.45. The summed E-state index contributed by atoms with van der Waals surface area (Å²) < 4.78 is 6.39. The Morgan fingerprint density at radius 1 is 0.818 bits per heavy atom. The molecule has 132 valence electrons. The molecule has 1 aliphatic heterocycles. The molecule has 0 aromatic carbocycles. The Labute approximate surface area is 140 Å². The van der Waals surface area contributed by atoms with Gasteiger partial charge in [0.1, 0.15) is 0 Å². The lowest BCUT2D eigenvalue weighted by molar-refractivity contribution is -0.230. The van der Waals surface area contributed by atoms with Gasteiger partial charge in [-0.3, -0.25) is 0 Å². The van der Waals surface area contributed by atoms with Crippen molar-refractivity contribution >= 4 is 0 Å². The Bertz CT molecular complexity index is 318. The number of hydrogen-bond acceptors (Lipinski definition) is 1. The third-order valence-corrected chi connectivity index (χ3v) is 7.32. The highest BCUT2D eigenvalue weighted by Gasteiger charge is 2.56. The molecule has 1 aliphatic rings. The van der Waals surface area contributed by atoms with E-state index in [1.807, 2.05) is 0 Å². The summed E-state index contributed by atoms with van der Waals surface area (Å²) in [6, 6.07) is 0. The van der Waals surface area contributed by atoms with Gasteiger partial charge in [0.2, 0.25) is 0 Å². The molecule has 1 saturated heterocycles. The Kier molecular flexibility index (Phi) is 7.43. The predicted octanol–water partition coefficient (Wildman–Crippen LogP) is 6.99. The van der Waals surface area contributed by atoms with Gasteiger partial charge in [-0.25, -0.2) is 0 Å². The van der Waals surface area contributed by atoms with Crippen LogP contribution in [0.15, 0.2) is 0 Å². The summed E-state index contributed by atoms with van der Waals surface area (Å²) in [4.78, 5) is 0.